The summed E-state index contributed by atoms with van der Waals surface area (Å²) < 4.78 is 0. The van der Waals surface area contributed by atoms with Crippen molar-refractivity contribution in [2.75, 3.05) is 0 Å². The monoisotopic (exact) mass is 205 g/mol. The maximum atomic E-state index is 4.51. The van der Waals surface area contributed by atoms with E-state index in [1.165, 1.54) is 12.8 Å². The Labute approximate surface area is 86.2 Å². The van der Waals surface area contributed by atoms with Crippen LogP contribution in [-0.2, 0) is 6.54 Å². The fourth-order valence-electron chi connectivity index (χ4n) is 1.41. The van der Waals surface area contributed by atoms with Crippen LogP contribution in [0.25, 0.3) is 10.3 Å². The molecule has 1 aliphatic carbocycles. The van der Waals surface area contributed by atoms with Crippen LogP contribution in [0.15, 0.2) is 18.3 Å². The normalized spacial score (nSPS) is 16.3. The molecule has 0 radical (unpaired) electrons. The second-order valence-corrected chi connectivity index (χ2v) is 4.65. The van der Waals surface area contributed by atoms with Crippen molar-refractivity contribution in [2.45, 2.75) is 25.4 Å². The quantitative estimate of drug-likeness (QED) is 0.832. The predicted octanol–water partition coefficient (Wildman–Crippen LogP) is 1.94. The Kier molecular flexibility index (Phi) is 1.96. The Morgan fingerprint density at radius 3 is 3.21 bits per heavy atom. The fourth-order valence-corrected chi connectivity index (χ4v) is 2.26. The Hall–Kier alpha value is -1.00. The molecule has 72 valence electrons. The number of nitrogens with zero attached hydrogens (tertiary/aromatic N) is 2. The maximum absolute atomic E-state index is 4.51. The van der Waals surface area contributed by atoms with Crippen molar-refractivity contribution < 1.29 is 0 Å². The van der Waals surface area contributed by atoms with Crippen LogP contribution in [0.1, 0.15) is 17.8 Å². The van der Waals surface area contributed by atoms with Gasteiger partial charge in [0.05, 0.1) is 0 Å². The number of nitrogens with one attached hydrogen (secondary N) is 1. The molecule has 4 heteroatoms. The summed E-state index contributed by atoms with van der Waals surface area (Å²) in [6.07, 6.45) is 4.46. The van der Waals surface area contributed by atoms with Gasteiger partial charge in [-0.15, -0.1) is 0 Å². The molecule has 14 heavy (non-hydrogen) atoms. The number of hydrogen-bond acceptors (Lipinski definition) is 4. The number of hydrogen-bond donors (Lipinski definition) is 1. The number of rotatable bonds is 3. The molecule has 0 saturated heterocycles. The van der Waals surface area contributed by atoms with Gasteiger partial charge in [0, 0.05) is 18.8 Å². The van der Waals surface area contributed by atoms with Crippen molar-refractivity contribution in [1.82, 2.24) is 15.3 Å². The molecule has 0 aliphatic heterocycles. The molecule has 1 fully saturated rings. The van der Waals surface area contributed by atoms with Gasteiger partial charge in [-0.2, -0.15) is 0 Å². The van der Waals surface area contributed by atoms with Crippen molar-refractivity contribution >= 4 is 21.7 Å². The van der Waals surface area contributed by atoms with Crippen LogP contribution in [0.4, 0.5) is 0 Å². The molecule has 0 aromatic carbocycles. The lowest BCUT2D eigenvalue weighted by molar-refractivity contribution is 0.685. The van der Waals surface area contributed by atoms with E-state index in [1.807, 2.05) is 18.3 Å². The molecule has 0 atom stereocenters. The van der Waals surface area contributed by atoms with E-state index >= 15 is 0 Å². The van der Waals surface area contributed by atoms with Gasteiger partial charge in [-0.1, -0.05) is 11.3 Å². The fraction of sp³-hybridized carbons (Fsp3) is 0.400. The van der Waals surface area contributed by atoms with E-state index in [2.05, 4.69) is 15.3 Å². The summed E-state index contributed by atoms with van der Waals surface area (Å²) in [7, 11) is 0. The molecule has 3 rings (SSSR count). The smallest absolute Gasteiger partial charge is 0.143 e. The lowest BCUT2D eigenvalue weighted by Gasteiger charge is -1.95. The van der Waals surface area contributed by atoms with Crippen molar-refractivity contribution in [1.29, 1.82) is 0 Å². The lowest BCUT2D eigenvalue weighted by Crippen LogP contribution is -2.14. The van der Waals surface area contributed by atoms with Crippen molar-refractivity contribution in [3.05, 3.63) is 23.3 Å². The molecule has 1 saturated carbocycles. The minimum Gasteiger partial charge on any atom is -0.308 e. The highest BCUT2D eigenvalue weighted by Crippen LogP contribution is 2.22. The first-order valence-electron chi connectivity index (χ1n) is 4.85. The lowest BCUT2D eigenvalue weighted by atomic mass is 10.4. The summed E-state index contributed by atoms with van der Waals surface area (Å²) in [4.78, 5) is 9.82. The van der Waals surface area contributed by atoms with Gasteiger partial charge in [0.25, 0.3) is 0 Å². The topological polar surface area (TPSA) is 37.8 Å². The molecule has 1 aliphatic rings. The van der Waals surface area contributed by atoms with Crippen LogP contribution < -0.4 is 5.32 Å². The van der Waals surface area contributed by atoms with Gasteiger partial charge in [-0.25, -0.2) is 9.97 Å². The minimum atomic E-state index is 0.745. The molecule has 1 N–H and O–H groups in total. The van der Waals surface area contributed by atoms with E-state index in [1.54, 1.807) is 11.3 Å². The van der Waals surface area contributed by atoms with Crippen LogP contribution >= 0.6 is 11.3 Å². The summed E-state index contributed by atoms with van der Waals surface area (Å²) in [6, 6.07) is 4.69. The molecule has 2 aromatic rings. The van der Waals surface area contributed by atoms with Gasteiger partial charge in [-0.3, -0.25) is 0 Å². The molecule has 0 bridgehead atoms. The Bertz CT molecular complexity index is 414. The zero-order valence-corrected chi connectivity index (χ0v) is 8.55. The first-order chi connectivity index (χ1) is 6.92. The van der Waals surface area contributed by atoms with Gasteiger partial charge >= 0.3 is 0 Å². The molecular weight excluding hydrogens is 194 g/mol. The van der Waals surface area contributed by atoms with E-state index in [0.29, 0.717) is 0 Å². The zero-order valence-electron chi connectivity index (χ0n) is 7.73. The average molecular weight is 205 g/mol. The number of pyridine rings is 1. The summed E-state index contributed by atoms with van der Waals surface area (Å²) in [6.45, 7) is 0.895. The summed E-state index contributed by atoms with van der Waals surface area (Å²) in [5.74, 6) is 0. The van der Waals surface area contributed by atoms with Crippen molar-refractivity contribution in [3.8, 4) is 0 Å². The summed E-state index contributed by atoms with van der Waals surface area (Å²) >= 11 is 1.68. The molecule has 2 aromatic heterocycles. The Balaban J connectivity index is 1.82. The van der Waals surface area contributed by atoms with E-state index in [9.17, 15) is 0 Å². The van der Waals surface area contributed by atoms with Crippen LogP contribution in [0.3, 0.4) is 0 Å². The first kappa shape index (κ1) is 8.32. The molecule has 3 nitrogen and oxygen atoms in total. The zero-order chi connectivity index (χ0) is 9.38. The van der Waals surface area contributed by atoms with E-state index in [-0.39, 0.29) is 0 Å². The Morgan fingerprint density at radius 1 is 1.50 bits per heavy atom. The SMILES string of the molecule is c1cnc2sc(CNC3CC3)nc2c1. The van der Waals surface area contributed by atoms with Crippen LogP contribution in [0.5, 0.6) is 0 Å². The second-order valence-electron chi connectivity index (χ2n) is 3.59. The maximum Gasteiger partial charge on any atom is 0.143 e. The number of aromatic nitrogens is 2. The van der Waals surface area contributed by atoms with Gasteiger partial charge in [0.2, 0.25) is 0 Å². The summed E-state index contributed by atoms with van der Waals surface area (Å²) in [5, 5.41) is 4.60. The highest BCUT2D eigenvalue weighted by Gasteiger charge is 2.20. The van der Waals surface area contributed by atoms with Gasteiger partial charge in [0.15, 0.2) is 0 Å². The van der Waals surface area contributed by atoms with E-state index in [4.69, 9.17) is 0 Å². The van der Waals surface area contributed by atoms with Gasteiger partial charge in [0.1, 0.15) is 15.4 Å². The van der Waals surface area contributed by atoms with Crippen molar-refractivity contribution in [2.24, 2.45) is 0 Å². The molecule has 0 spiro atoms. The third kappa shape index (κ3) is 1.63. The summed E-state index contributed by atoms with van der Waals surface area (Å²) in [5.41, 5.74) is 1.02. The molecule has 0 unspecified atom stereocenters. The largest absolute Gasteiger partial charge is 0.308 e. The predicted molar refractivity (Wildman–Crippen MR) is 57.3 cm³/mol. The average Bonchev–Trinajstić information content (AvgIpc) is 2.94. The first-order valence-corrected chi connectivity index (χ1v) is 5.67. The molecule has 2 heterocycles. The van der Waals surface area contributed by atoms with Crippen LogP contribution in [0.2, 0.25) is 0 Å². The highest BCUT2D eigenvalue weighted by atomic mass is 32.1. The third-order valence-corrected chi connectivity index (χ3v) is 3.31. The highest BCUT2D eigenvalue weighted by molar-refractivity contribution is 7.18. The van der Waals surface area contributed by atoms with Crippen LogP contribution in [0, 0.1) is 0 Å². The van der Waals surface area contributed by atoms with Gasteiger partial charge in [-0.05, 0) is 25.0 Å². The van der Waals surface area contributed by atoms with Crippen LogP contribution in [-0.4, -0.2) is 16.0 Å². The molecular formula is C10H11N3S. The minimum absolute atomic E-state index is 0.745. The van der Waals surface area contributed by atoms with E-state index in [0.717, 1.165) is 27.9 Å². The third-order valence-electron chi connectivity index (χ3n) is 2.33. The second kappa shape index (κ2) is 3.29. The number of fused-ring (bicyclic) bond motifs is 1. The molecule has 0 amide bonds. The van der Waals surface area contributed by atoms with Crippen molar-refractivity contribution in [3.63, 3.8) is 0 Å². The standard InChI is InChI=1S/C10H11N3S/c1-2-8-10(11-5-1)14-9(13-8)6-12-7-3-4-7/h1-2,5,7,12H,3-4,6H2. The van der Waals surface area contributed by atoms with Gasteiger partial charge < -0.3 is 5.32 Å². The van der Waals surface area contributed by atoms with E-state index < -0.39 is 0 Å². The Morgan fingerprint density at radius 2 is 2.43 bits per heavy atom. The number of thiazole rings is 1.